The number of nitrogens with zero attached hydrogens (tertiary/aromatic N) is 4. The van der Waals surface area contributed by atoms with Gasteiger partial charge in [0.25, 0.3) is 11.8 Å². The molecule has 236 valence electrons. The van der Waals surface area contributed by atoms with Gasteiger partial charge in [-0.3, -0.25) is 19.3 Å². The number of carbonyl (C=O) groups excluding carboxylic acids is 3. The summed E-state index contributed by atoms with van der Waals surface area (Å²) in [6.07, 6.45) is 1.65. The number of amides is 2. The lowest BCUT2D eigenvalue weighted by Crippen LogP contribution is -2.71. The van der Waals surface area contributed by atoms with E-state index in [1.54, 1.807) is 0 Å². The zero-order valence-electron chi connectivity index (χ0n) is 24.2. The number of thioether (sulfide) groups is 1. The quantitative estimate of drug-likeness (QED) is 0.0758. The van der Waals surface area contributed by atoms with E-state index in [0.29, 0.717) is 28.7 Å². The van der Waals surface area contributed by atoms with Crippen molar-refractivity contribution in [3.8, 4) is 5.75 Å². The van der Waals surface area contributed by atoms with Crippen molar-refractivity contribution >= 4 is 57.7 Å². The molecule has 4 rings (SSSR count). The van der Waals surface area contributed by atoms with Gasteiger partial charge in [0.2, 0.25) is 11.0 Å². The highest BCUT2D eigenvalue weighted by Crippen LogP contribution is 2.40. The molecule has 0 radical (unpaired) electrons. The number of likely N-dealkylation sites (N-methyl/N-ethyl adjacent to an activating group) is 1. The molecule has 2 aliphatic heterocycles. The predicted octanol–water partition coefficient (Wildman–Crippen LogP) is -1.57. The number of aliphatic carboxylic acids is 2. The summed E-state index contributed by atoms with van der Waals surface area (Å²) in [7, 11) is 3.74. The highest BCUT2D eigenvalue weighted by atomic mass is 32.2. The number of anilines is 1. The van der Waals surface area contributed by atoms with E-state index in [2.05, 4.69) is 20.4 Å². The molecule has 44 heavy (non-hydrogen) atoms. The van der Waals surface area contributed by atoms with Gasteiger partial charge >= 0.3 is 5.97 Å². The SMILES string of the molecule is CC(C)(ON=C(C(=O)N[C@@H]1C(=O)N2C(C(=O)[O-])=C(C[N+](C)(C)CCc3cc(=O)c(O)c[nH]3)CS[C@@H]12)c1csc(N)n1)C(=O)O. The van der Waals surface area contributed by atoms with Crippen molar-refractivity contribution in [2.45, 2.75) is 37.3 Å². The number of quaternary nitrogens is 1. The molecule has 0 spiro atoms. The molecule has 16 nitrogen and oxygen atoms in total. The number of hydrogen-bond donors (Lipinski definition) is 5. The average Bonchev–Trinajstić information content (AvgIpc) is 3.37. The Morgan fingerprint density at radius 1 is 1.34 bits per heavy atom. The third-order valence-corrected chi connectivity index (χ3v) is 8.96. The van der Waals surface area contributed by atoms with E-state index in [-0.39, 0.29) is 34.6 Å². The topological polar surface area (TPSA) is 240 Å². The van der Waals surface area contributed by atoms with Crippen molar-refractivity contribution in [1.29, 1.82) is 0 Å². The monoisotopic (exact) mass is 649 g/mol. The largest absolute Gasteiger partial charge is 0.543 e. The Morgan fingerprint density at radius 2 is 2.05 bits per heavy atom. The molecule has 18 heteroatoms. The maximum atomic E-state index is 13.3. The van der Waals surface area contributed by atoms with Crippen LogP contribution in [0, 0.1) is 0 Å². The summed E-state index contributed by atoms with van der Waals surface area (Å²) in [5, 5.41) is 38.1. The summed E-state index contributed by atoms with van der Waals surface area (Å²) in [4.78, 5) is 75.0. The molecular formula is C26H31N7O9S2. The van der Waals surface area contributed by atoms with E-state index in [1.807, 2.05) is 14.1 Å². The number of carboxylic acids is 2. The second-order valence-corrected chi connectivity index (χ2v) is 13.3. The molecule has 0 saturated carbocycles. The Balaban J connectivity index is 1.50. The second-order valence-electron chi connectivity index (χ2n) is 11.3. The first-order valence-corrected chi connectivity index (χ1v) is 15.1. The number of β-lactam (4-membered cyclic amide) rings is 1. The van der Waals surface area contributed by atoms with Gasteiger partial charge in [0.05, 0.1) is 32.3 Å². The Kier molecular flexibility index (Phi) is 9.08. The van der Waals surface area contributed by atoms with Crippen LogP contribution in [0.4, 0.5) is 5.13 Å². The highest BCUT2D eigenvalue weighted by Gasteiger charge is 2.53. The smallest absolute Gasteiger partial charge is 0.350 e. The number of H-pyrrole nitrogens is 1. The van der Waals surface area contributed by atoms with Gasteiger partial charge in [-0.25, -0.2) is 9.78 Å². The Labute approximate surface area is 258 Å². The molecule has 2 aromatic heterocycles. The number of pyridine rings is 1. The van der Waals surface area contributed by atoms with Crippen LogP contribution in [0.15, 0.2) is 38.9 Å². The Bertz CT molecular complexity index is 1630. The van der Waals surface area contributed by atoms with E-state index in [9.17, 15) is 39.3 Å². The normalized spacial score (nSPS) is 18.9. The number of nitrogens with one attached hydrogen (secondary N) is 2. The zero-order valence-corrected chi connectivity index (χ0v) is 25.8. The highest BCUT2D eigenvalue weighted by molar-refractivity contribution is 8.00. The van der Waals surface area contributed by atoms with Crippen molar-refractivity contribution < 1.29 is 43.8 Å². The van der Waals surface area contributed by atoms with Gasteiger partial charge in [0.15, 0.2) is 16.6 Å². The maximum Gasteiger partial charge on any atom is 0.350 e. The molecule has 2 atom stereocenters. The number of carboxylic acid groups (broad SMARTS) is 2. The minimum atomic E-state index is -1.78. The molecule has 0 unspecified atom stereocenters. The number of fused-ring (bicyclic) bond motifs is 1. The summed E-state index contributed by atoms with van der Waals surface area (Å²) in [5.74, 6) is -4.59. The number of rotatable bonds is 12. The number of oxime groups is 1. The standard InChI is InChI=1S/C26H31N7O9S2/c1-26(2,24(40)41)42-31-17(14-11-44-25(27)29-14)20(36)30-18-21(37)32-19(23(38)39)12(10-43-22(18)32)9-33(3,4)6-5-13-7-15(34)16(35)8-28-13/h7-8,11,18,22H,5-6,9-10H2,1-4H3,(H6-,27,28,29,30,31,34,35,36,38,39,40,41)/t18-,22+/m1/s1. The van der Waals surface area contributed by atoms with Crippen LogP contribution in [-0.4, -0.2) is 109 Å². The molecule has 2 amide bonds. The number of nitrogen functional groups attached to an aromatic ring is 1. The third-order valence-electron chi connectivity index (χ3n) is 6.94. The van der Waals surface area contributed by atoms with Crippen LogP contribution in [0.5, 0.6) is 5.75 Å². The van der Waals surface area contributed by atoms with Gasteiger partial charge in [0, 0.05) is 41.1 Å². The van der Waals surface area contributed by atoms with Crippen LogP contribution in [0.3, 0.4) is 0 Å². The van der Waals surface area contributed by atoms with E-state index in [1.165, 1.54) is 43.3 Å². The zero-order chi connectivity index (χ0) is 32.6. The second kappa shape index (κ2) is 12.3. The van der Waals surface area contributed by atoms with Crippen molar-refractivity contribution in [2.24, 2.45) is 5.16 Å². The van der Waals surface area contributed by atoms with Crippen LogP contribution in [0.1, 0.15) is 25.2 Å². The van der Waals surface area contributed by atoms with Gasteiger partial charge in [0.1, 0.15) is 23.7 Å². The summed E-state index contributed by atoms with van der Waals surface area (Å²) in [6.45, 7) is 3.21. The number of nitrogens with two attached hydrogens (primary N) is 1. The van der Waals surface area contributed by atoms with Crippen molar-refractivity contribution in [1.82, 2.24) is 20.2 Å². The van der Waals surface area contributed by atoms with Gasteiger partial charge in [-0.1, -0.05) is 5.16 Å². The van der Waals surface area contributed by atoms with Crippen molar-refractivity contribution in [3.63, 3.8) is 0 Å². The molecule has 0 bridgehead atoms. The van der Waals surface area contributed by atoms with Crippen LogP contribution in [0.25, 0.3) is 0 Å². The fourth-order valence-electron chi connectivity index (χ4n) is 4.47. The van der Waals surface area contributed by atoms with E-state index in [4.69, 9.17) is 10.6 Å². The summed E-state index contributed by atoms with van der Waals surface area (Å²) in [5.41, 5.74) is 3.79. The number of carbonyl (C=O) groups is 4. The molecule has 1 saturated heterocycles. The van der Waals surface area contributed by atoms with Gasteiger partial charge in [-0.2, -0.15) is 0 Å². The van der Waals surface area contributed by atoms with Gasteiger partial charge < -0.3 is 45.5 Å². The van der Waals surface area contributed by atoms with Gasteiger partial charge in [-0.15, -0.1) is 23.1 Å². The summed E-state index contributed by atoms with van der Waals surface area (Å²) < 4.78 is 0.311. The molecule has 2 aliphatic rings. The van der Waals surface area contributed by atoms with Crippen molar-refractivity contribution in [2.75, 3.05) is 38.7 Å². The third kappa shape index (κ3) is 6.87. The minimum Gasteiger partial charge on any atom is -0.543 e. The lowest BCUT2D eigenvalue weighted by atomic mass is 10.0. The molecule has 0 aliphatic carbocycles. The first kappa shape index (κ1) is 32.5. The summed E-state index contributed by atoms with van der Waals surface area (Å²) in [6, 6.07) is 0.180. The van der Waals surface area contributed by atoms with Crippen LogP contribution < -0.4 is 21.6 Å². The predicted molar refractivity (Wildman–Crippen MR) is 157 cm³/mol. The minimum absolute atomic E-state index is 0.0000936. The number of aromatic amines is 1. The van der Waals surface area contributed by atoms with Crippen molar-refractivity contribution in [3.05, 3.63) is 50.5 Å². The molecule has 1 fully saturated rings. The lowest BCUT2D eigenvalue weighted by Gasteiger charge is -2.51. The lowest BCUT2D eigenvalue weighted by molar-refractivity contribution is -0.885. The molecule has 4 heterocycles. The fourth-order valence-corrected chi connectivity index (χ4v) is 6.35. The Morgan fingerprint density at radius 3 is 2.64 bits per heavy atom. The van der Waals surface area contributed by atoms with Crippen LogP contribution in [-0.2, 0) is 30.4 Å². The number of hydrogen-bond acceptors (Lipinski definition) is 13. The molecule has 0 aromatic carbocycles. The van der Waals surface area contributed by atoms with E-state index >= 15 is 0 Å². The number of thiazole rings is 1. The molecule has 6 N–H and O–H groups in total. The average molecular weight is 650 g/mol. The van der Waals surface area contributed by atoms with Gasteiger partial charge in [-0.05, 0) is 13.8 Å². The van der Waals surface area contributed by atoms with Crippen LogP contribution in [0.2, 0.25) is 0 Å². The fraction of sp³-hybridized carbons (Fsp3) is 0.423. The van der Waals surface area contributed by atoms with Crippen LogP contribution >= 0.6 is 23.1 Å². The first-order chi connectivity index (χ1) is 20.5. The van der Waals surface area contributed by atoms with E-state index < -0.39 is 51.9 Å². The number of aromatic hydroxyl groups is 1. The number of aromatic nitrogens is 2. The van der Waals surface area contributed by atoms with E-state index in [0.717, 1.165) is 16.2 Å². The first-order valence-electron chi connectivity index (χ1n) is 13.1. The molecule has 2 aromatic rings. The maximum absolute atomic E-state index is 13.3. The summed E-state index contributed by atoms with van der Waals surface area (Å²) >= 11 is 2.27. The molecular weight excluding hydrogens is 618 g/mol. The Hall–Kier alpha value is -4.42.